The first-order valence-corrected chi connectivity index (χ1v) is 8.06. The van der Waals surface area contributed by atoms with Crippen molar-refractivity contribution in [2.75, 3.05) is 10.8 Å². The summed E-state index contributed by atoms with van der Waals surface area (Å²) in [6.45, 7) is 2.18. The van der Waals surface area contributed by atoms with E-state index in [9.17, 15) is 0 Å². The van der Waals surface area contributed by atoms with Crippen molar-refractivity contribution < 1.29 is 4.74 Å². The molecule has 0 N–H and O–H groups in total. The molecule has 0 atom stereocenters. The van der Waals surface area contributed by atoms with Crippen LogP contribution in [0.25, 0.3) is 0 Å². The molecular weight excluding hydrogens is 260 g/mol. The van der Waals surface area contributed by atoms with Gasteiger partial charge in [-0.3, -0.25) is 0 Å². The molecule has 1 nitrogen and oxygen atoms in total. The molecule has 0 aliphatic heterocycles. The molecule has 0 unspecified atom stereocenters. The lowest BCUT2D eigenvalue weighted by Gasteiger charge is -2.06. The topological polar surface area (TPSA) is 9.23 Å². The van der Waals surface area contributed by atoms with E-state index in [0.717, 1.165) is 16.6 Å². The Morgan fingerprint density at radius 1 is 0.889 bits per heavy atom. The van der Waals surface area contributed by atoms with Crippen LogP contribution in [-0.4, -0.2) is 10.8 Å². The summed E-state index contributed by atoms with van der Waals surface area (Å²) in [5.74, 6) is 2.93. The van der Waals surface area contributed by atoms with Gasteiger partial charge in [-0.1, -0.05) is 25.1 Å². The lowest BCUT2D eigenvalue weighted by molar-refractivity contribution is 0.482. The van der Waals surface area contributed by atoms with E-state index in [2.05, 4.69) is 19.1 Å². The van der Waals surface area contributed by atoms with Gasteiger partial charge in [0.2, 0.25) is 0 Å². The fourth-order valence-electron chi connectivity index (χ4n) is 1.42. The Morgan fingerprint density at radius 2 is 1.56 bits per heavy atom. The molecule has 0 radical (unpaired) electrons. The zero-order valence-electron chi connectivity index (χ0n) is 10.3. The molecule has 0 heterocycles. The van der Waals surface area contributed by atoms with Gasteiger partial charge in [0.15, 0.2) is 0 Å². The van der Waals surface area contributed by atoms with Gasteiger partial charge >= 0.3 is 0 Å². The minimum Gasteiger partial charge on any atom is -0.457 e. The second kappa shape index (κ2) is 7.39. The summed E-state index contributed by atoms with van der Waals surface area (Å²) in [4.78, 5) is 1.29. The van der Waals surface area contributed by atoms with E-state index in [1.807, 2.05) is 66.0 Å². The number of rotatable bonds is 6. The van der Waals surface area contributed by atoms with E-state index in [1.165, 1.54) is 10.6 Å². The molecule has 0 bridgehead atoms. The molecule has 0 saturated carbocycles. The number of para-hydroxylation sites is 1. The molecule has 94 valence electrons. The van der Waals surface area contributed by atoms with Crippen LogP contribution in [0.2, 0.25) is 0 Å². The Morgan fingerprint density at radius 3 is 2.22 bits per heavy atom. The van der Waals surface area contributed by atoms with Crippen molar-refractivity contribution in [2.45, 2.75) is 11.8 Å². The van der Waals surface area contributed by atoms with Gasteiger partial charge < -0.3 is 4.74 Å². The normalized spacial score (nSPS) is 10.3. The zero-order valence-corrected chi connectivity index (χ0v) is 12.0. The van der Waals surface area contributed by atoms with Gasteiger partial charge in [-0.25, -0.2) is 0 Å². The zero-order chi connectivity index (χ0) is 12.6. The van der Waals surface area contributed by atoms with Crippen LogP contribution in [0, 0.1) is 0 Å². The number of ether oxygens (including phenoxy) is 1. The van der Waals surface area contributed by atoms with Crippen LogP contribution in [0.4, 0.5) is 0 Å². The van der Waals surface area contributed by atoms with E-state index in [0.29, 0.717) is 0 Å². The summed E-state index contributed by atoms with van der Waals surface area (Å²) in [7, 11) is 0. The first-order chi connectivity index (χ1) is 8.88. The summed E-state index contributed by atoms with van der Waals surface area (Å²) in [5, 5.41) is 1.11. The highest BCUT2D eigenvalue weighted by Crippen LogP contribution is 2.26. The maximum absolute atomic E-state index is 5.74. The highest BCUT2D eigenvalue weighted by Gasteiger charge is 1.98. The molecule has 2 rings (SSSR count). The van der Waals surface area contributed by atoms with Gasteiger partial charge in [-0.05, 0) is 42.2 Å². The third-order valence-corrected chi connectivity index (χ3v) is 4.47. The van der Waals surface area contributed by atoms with Gasteiger partial charge in [0, 0.05) is 9.98 Å². The highest BCUT2D eigenvalue weighted by molar-refractivity contribution is 8.16. The second-order valence-electron chi connectivity index (χ2n) is 3.64. The van der Waals surface area contributed by atoms with Crippen LogP contribution in [0.15, 0.2) is 59.5 Å². The van der Waals surface area contributed by atoms with Crippen LogP contribution >= 0.6 is 23.5 Å². The lowest BCUT2D eigenvalue weighted by atomic mass is 10.3. The molecule has 2 aromatic rings. The van der Waals surface area contributed by atoms with Crippen LogP contribution in [-0.2, 0) is 0 Å². The molecule has 0 aliphatic rings. The van der Waals surface area contributed by atoms with Gasteiger partial charge in [-0.2, -0.15) is 11.8 Å². The average molecular weight is 276 g/mol. The minimum atomic E-state index is 0.874. The summed E-state index contributed by atoms with van der Waals surface area (Å²) in [6.07, 6.45) is 0. The van der Waals surface area contributed by atoms with Crippen molar-refractivity contribution in [3.05, 3.63) is 54.6 Å². The quantitative estimate of drug-likeness (QED) is 0.403. The molecule has 0 fully saturated rings. The SMILES string of the molecule is CCSCSc1ccc(Oc2ccccc2)cc1. The third kappa shape index (κ3) is 4.31. The van der Waals surface area contributed by atoms with E-state index in [-0.39, 0.29) is 0 Å². The maximum Gasteiger partial charge on any atom is 0.127 e. The van der Waals surface area contributed by atoms with E-state index < -0.39 is 0 Å². The van der Waals surface area contributed by atoms with E-state index in [1.54, 1.807) is 0 Å². The highest BCUT2D eigenvalue weighted by atomic mass is 32.2. The minimum absolute atomic E-state index is 0.874. The Kier molecular flexibility index (Phi) is 5.49. The lowest BCUT2D eigenvalue weighted by Crippen LogP contribution is -1.83. The fraction of sp³-hybridized carbons (Fsp3) is 0.200. The molecule has 2 aromatic carbocycles. The van der Waals surface area contributed by atoms with E-state index in [4.69, 9.17) is 4.74 Å². The van der Waals surface area contributed by atoms with Crippen molar-refractivity contribution in [1.29, 1.82) is 0 Å². The summed E-state index contributed by atoms with van der Waals surface area (Å²) >= 11 is 3.81. The summed E-state index contributed by atoms with van der Waals surface area (Å²) in [5.41, 5.74) is 0. The van der Waals surface area contributed by atoms with Crippen LogP contribution in [0.5, 0.6) is 11.5 Å². The standard InChI is InChI=1S/C15H16OS2/c1-2-17-12-18-15-10-8-14(9-11-15)16-13-6-4-3-5-7-13/h3-11H,2,12H2,1H3. The Labute approximate surface area is 117 Å². The van der Waals surface area contributed by atoms with Gasteiger partial charge in [0.1, 0.15) is 11.5 Å². The van der Waals surface area contributed by atoms with Crippen LogP contribution < -0.4 is 4.74 Å². The van der Waals surface area contributed by atoms with Gasteiger partial charge in [0.05, 0.1) is 0 Å². The average Bonchev–Trinajstić information content (AvgIpc) is 2.42. The summed E-state index contributed by atoms with van der Waals surface area (Å²) < 4.78 is 5.74. The van der Waals surface area contributed by atoms with Gasteiger partial charge in [-0.15, -0.1) is 11.8 Å². The maximum atomic E-state index is 5.74. The fourth-order valence-corrected chi connectivity index (χ4v) is 3.29. The second-order valence-corrected chi connectivity index (χ2v) is 6.33. The first kappa shape index (κ1) is 13.4. The van der Waals surface area contributed by atoms with Crippen LogP contribution in [0.1, 0.15) is 6.92 Å². The molecule has 0 amide bonds. The molecular formula is C15H16OS2. The molecule has 0 aromatic heterocycles. The number of thioether (sulfide) groups is 2. The predicted molar refractivity (Wildman–Crippen MR) is 81.8 cm³/mol. The Balaban J connectivity index is 1.91. The monoisotopic (exact) mass is 276 g/mol. The molecule has 0 aliphatic carbocycles. The van der Waals surface area contributed by atoms with Crippen LogP contribution in [0.3, 0.4) is 0 Å². The molecule has 18 heavy (non-hydrogen) atoms. The Bertz CT molecular complexity index is 454. The molecule has 0 saturated heterocycles. The number of benzene rings is 2. The molecule has 3 heteroatoms. The van der Waals surface area contributed by atoms with Crippen molar-refractivity contribution in [2.24, 2.45) is 0 Å². The van der Waals surface area contributed by atoms with Crippen molar-refractivity contribution in [3.63, 3.8) is 0 Å². The predicted octanol–water partition coefficient (Wildman–Crippen LogP) is 5.28. The van der Waals surface area contributed by atoms with Crippen molar-refractivity contribution in [1.82, 2.24) is 0 Å². The number of hydrogen-bond donors (Lipinski definition) is 0. The number of hydrogen-bond acceptors (Lipinski definition) is 3. The third-order valence-electron chi connectivity index (χ3n) is 2.32. The van der Waals surface area contributed by atoms with Crippen molar-refractivity contribution >= 4 is 23.5 Å². The smallest absolute Gasteiger partial charge is 0.127 e. The largest absolute Gasteiger partial charge is 0.457 e. The summed E-state index contributed by atoms with van der Waals surface area (Å²) in [6, 6.07) is 18.1. The Hall–Kier alpha value is -1.06. The van der Waals surface area contributed by atoms with Gasteiger partial charge in [0.25, 0.3) is 0 Å². The van der Waals surface area contributed by atoms with Crippen molar-refractivity contribution in [3.8, 4) is 11.5 Å². The van der Waals surface area contributed by atoms with E-state index >= 15 is 0 Å². The molecule has 0 spiro atoms. The first-order valence-electron chi connectivity index (χ1n) is 5.92.